The molecule has 1 aliphatic heterocycles. The molecule has 32 heavy (non-hydrogen) atoms. The molecule has 3 heterocycles. The van der Waals surface area contributed by atoms with Gasteiger partial charge in [0.2, 0.25) is 5.78 Å². The maximum Gasteiger partial charge on any atom is 0.344 e. The van der Waals surface area contributed by atoms with Crippen molar-refractivity contribution >= 4 is 11.8 Å². The zero-order valence-corrected chi connectivity index (χ0v) is 18.9. The lowest BCUT2D eigenvalue weighted by molar-refractivity contribution is -0.144. The molecule has 0 fully saturated rings. The SMILES string of the molecule is Cc1cc(-n2c(C)cc(C(=O)COC(=O)COc3cccc4c3OC(C)(C)C4)c2C)no1. The minimum absolute atomic E-state index is 0.302. The summed E-state index contributed by atoms with van der Waals surface area (Å²) in [6, 6.07) is 9.12. The number of benzene rings is 1. The molecule has 8 nitrogen and oxygen atoms in total. The molecule has 0 aliphatic carbocycles. The van der Waals surface area contributed by atoms with E-state index in [0.717, 1.165) is 17.7 Å². The van der Waals surface area contributed by atoms with E-state index in [2.05, 4.69) is 5.16 Å². The molecule has 168 valence electrons. The van der Waals surface area contributed by atoms with Crippen LogP contribution in [0, 0.1) is 20.8 Å². The summed E-state index contributed by atoms with van der Waals surface area (Å²) in [7, 11) is 0. The fourth-order valence-corrected chi connectivity index (χ4v) is 3.96. The predicted molar refractivity (Wildman–Crippen MR) is 116 cm³/mol. The number of esters is 1. The summed E-state index contributed by atoms with van der Waals surface area (Å²) >= 11 is 0. The first kappa shape index (κ1) is 21.7. The summed E-state index contributed by atoms with van der Waals surface area (Å²) in [6.07, 6.45) is 0.769. The smallest absolute Gasteiger partial charge is 0.344 e. The van der Waals surface area contributed by atoms with Crippen LogP contribution in [0.15, 0.2) is 34.9 Å². The summed E-state index contributed by atoms with van der Waals surface area (Å²) in [6.45, 7) is 8.79. The van der Waals surface area contributed by atoms with Crippen molar-refractivity contribution in [2.45, 2.75) is 46.6 Å². The molecule has 0 saturated carbocycles. The van der Waals surface area contributed by atoms with Crippen LogP contribution in [0.4, 0.5) is 0 Å². The van der Waals surface area contributed by atoms with Crippen molar-refractivity contribution < 1.29 is 28.3 Å². The third-order valence-electron chi connectivity index (χ3n) is 5.34. The standard InChI is InChI=1S/C24H26N2O6/c1-14-9-18(16(3)26(14)21-10-15(2)32-25-21)19(27)12-30-22(28)13-29-20-8-6-7-17-11-24(4,5)31-23(17)20/h6-10H,11-13H2,1-5H3. The minimum Gasteiger partial charge on any atom is -0.483 e. The molecule has 1 aliphatic rings. The Morgan fingerprint density at radius 3 is 2.66 bits per heavy atom. The van der Waals surface area contributed by atoms with Crippen LogP contribution in [0.2, 0.25) is 0 Å². The van der Waals surface area contributed by atoms with Gasteiger partial charge in [-0.3, -0.25) is 9.36 Å². The molecule has 2 aromatic heterocycles. The van der Waals surface area contributed by atoms with Gasteiger partial charge in [-0.1, -0.05) is 17.3 Å². The van der Waals surface area contributed by atoms with E-state index in [-0.39, 0.29) is 24.6 Å². The van der Waals surface area contributed by atoms with E-state index < -0.39 is 5.97 Å². The van der Waals surface area contributed by atoms with E-state index in [4.69, 9.17) is 18.7 Å². The number of ketones is 1. The summed E-state index contributed by atoms with van der Waals surface area (Å²) in [5.41, 5.74) is 2.72. The highest BCUT2D eigenvalue weighted by molar-refractivity contribution is 5.99. The van der Waals surface area contributed by atoms with Gasteiger partial charge < -0.3 is 18.7 Å². The Morgan fingerprint density at radius 1 is 1.16 bits per heavy atom. The second kappa shape index (κ2) is 8.18. The molecule has 3 aromatic rings. The Bertz CT molecular complexity index is 1190. The van der Waals surface area contributed by atoms with Crippen molar-refractivity contribution in [3.63, 3.8) is 0 Å². The number of hydrogen-bond acceptors (Lipinski definition) is 7. The Hall–Kier alpha value is -3.55. The Morgan fingerprint density at radius 2 is 1.94 bits per heavy atom. The molecular formula is C24H26N2O6. The van der Waals surface area contributed by atoms with E-state index in [1.807, 2.05) is 44.4 Å². The highest BCUT2D eigenvalue weighted by Gasteiger charge is 2.32. The summed E-state index contributed by atoms with van der Waals surface area (Å²) in [4.78, 5) is 24.9. The van der Waals surface area contributed by atoms with E-state index in [9.17, 15) is 9.59 Å². The topological polar surface area (TPSA) is 92.8 Å². The maximum atomic E-state index is 12.7. The Labute approximate surface area is 186 Å². The fourth-order valence-electron chi connectivity index (χ4n) is 3.96. The second-order valence-corrected chi connectivity index (χ2v) is 8.57. The van der Waals surface area contributed by atoms with Gasteiger partial charge in [-0.15, -0.1) is 0 Å². The average molecular weight is 438 g/mol. The first-order chi connectivity index (χ1) is 15.1. The monoisotopic (exact) mass is 438 g/mol. The van der Waals surface area contributed by atoms with Gasteiger partial charge in [0.15, 0.2) is 30.5 Å². The van der Waals surface area contributed by atoms with E-state index >= 15 is 0 Å². The van der Waals surface area contributed by atoms with Gasteiger partial charge in [-0.2, -0.15) is 0 Å². The molecular weight excluding hydrogens is 412 g/mol. The number of aryl methyl sites for hydroxylation is 2. The summed E-state index contributed by atoms with van der Waals surface area (Å²) in [5, 5.41) is 4.01. The molecule has 0 spiro atoms. The van der Waals surface area contributed by atoms with Gasteiger partial charge >= 0.3 is 5.97 Å². The molecule has 0 amide bonds. The third kappa shape index (κ3) is 4.26. The highest BCUT2D eigenvalue weighted by Crippen LogP contribution is 2.41. The van der Waals surface area contributed by atoms with Crippen LogP contribution in [0.3, 0.4) is 0 Å². The van der Waals surface area contributed by atoms with Gasteiger partial charge in [0.05, 0.1) is 0 Å². The summed E-state index contributed by atoms with van der Waals surface area (Å²) in [5.74, 6) is 1.48. The molecule has 0 bridgehead atoms. The van der Waals surface area contributed by atoms with Gasteiger partial charge in [-0.05, 0) is 46.8 Å². The van der Waals surface area contributed by atoms with Crippen molar-refractivity contribution in [3.8, 4) is 17.3 Å². The molecule has 0 unspecified atom stereocenters. The third-order valence-corrected chi connectivity index (χ3v) is 5.34. The molecule has 0 N–H and O–H groups in total. The molecule has 1 aromatic carbocycles. The highest BCUT2D eigenvalue weighted by atomic mass is 16.6. The zero-order valence-electron chi connectivity index (χ0n) is 18.9. The zero-order chi connectivity index (χ0) is 23.0. The number of nitrogens with zero attached hydrogens (tertiary/aromatic N) is 2. The lowest BCUT2D eigenvalue weighted by atomic mass is 10.0. The van der Waals surface area contributed by atoms with Gasteiger partial charge in [0, 0.05) is 35.0 Å². The van der Waals surface area contributed by atoms with E-state index in [0.29, 0.717) is 34.3 Å². The lowest BCUT2D eigenvalue weighted by Crippen LogP contribution is -2.25. The lowest BCUT2D eigenvalue weighted by Gasteiger charge is -2.18. The molecule has 0 atom stereocenters. The normalized spacial score (nSPS) is 14.0. The van der Waals surface area contributed by atoms with Crippen LogP contribution in [-0.4, -0.2) is 40.3 Å². The van der Waals surface area contributed by atoms with Crippen LogP contribution >= 0.6 is 0 Å². The average Bonchev–Trinajstić information content (AvgIpc) is 3.38. The summed E-state index contributed by atoms with van der Waals surface area (Å²) < 4.78 is 23.7. The first-order valence-electron chi connectivity index (χ1n) is 10.4. The molecule has 4 rings (SSSR count). The van der Waals surface area contributed by atoms with Gasteiger partial charge in [0.25, 0.3) is 0 Å². The Balaban J connectivity index is 1.36. The van der Waals surface area contributed by atoms with Crippen LogP contribution in [-0.2, 0) is 16.0 Å². The van der Waals surface area contributed by atoms with Crippen molar-refractivity contribution in [3.05, 3.63) is 58.6 Å². The van der Waals surface area contributed by atoms with E-state index in [1.54, 1.807) is 25.1 Å². The second-order valence-electron chi connectivity index (χ2n) is 8.57. The number of Topliss-reactive ketones (excluding diaryl/α,β-unsaturated/α-hetero) is 1. The number of rotatable bonds is 7. The number of hydrogen-bond donors (Lipinski definition) is 0. The maximum absolute atomic E-state index is 12.7. The van der Waals surface area contributed by atoms with Crippen LogP contribution in [0.1, 0.15) is 46.9 Å². The Kier molecular flexibility index (Phi) is 5.54. The number of para-hydroxylation sites is 1. The fraction of sp³-hybridized carbons (Fsp3) is 0.375. The van der Waals surface area contributed by atoms with Gasteiger partial charge in [0.1, 0.15) is 11.4 Å². The predicted octanol–water partition coefficient (Wildman–Crippen LogP) is 3.91. The molecule has 8 heteroatoms. The minimum atomic E-state index is -0.630. The number of carbonyl (C=O) groups is 2. The number of fused-ring (bicyclic) bond motifs is 1. The van der Waals surface area contributed by atoms with Crippen LogP contribution in [0.25, 0.3) is 5.82 Å². The number of ether oxygens (including phenoxy) is 3. The molecule has 0 radical (unpaired) electrons. The van der Waals surface area contributed by atoms with E-state index in [1.165, 1.54) is 0 Å². The number of aromatic nitrogens is 2. The first-order valence-corrected chi connectivity index (χ1v) is 10.4. The van der Waals surface area contributed by atoms with Crippen molar-refractivity contribution in [1.29, 1.82) is 0 Å². The van der Waals surface area contributed by atoms with Crippen molar-refractivity contribution in [2.24, 2.45) is 0 Å². The molecule has 0 saturated heterocycles. The van der Waals surface area contributed by atoms with Crippen molar-refractivity contribution in [2.75, 3.05) is 13.2 Å². The van der Waals surface area contributed by atoms with Crippen molar-refractivity contribution in [1.82, 2.24) is 9.72 Å². The quantitative estimate of drug-likeness (QED) is 0.408. The van der Waals surface area contributed by atoms with Gasteiger partial charge in [-0.25, -0.2) is 4.79 Å². The number of carbonyl (C=O) groups excluding carboxylic acids is 2. The van der Waals surface area contributed by atoms with Crippen LogP contribution < -0.4 is 9.47 Å². The largest absolute Gasteiger partial charge is 0.483 e. The van der Waals surface area contributed by atoms with Crippen LogP contribution in [0.5, 0.6) is 11.5 Å².